The highest BCUT2D eigenvalue weighted by atomic mass is 31.2. The van der Waals surface area contributed by atoms with Crippen molar-refractivity contribution in [1.29, 1.82) is 0 Å². The van der Waals surface area contributed by atoms with Crippen LogP contribution in [0.2, 0.25) is 0 Å². The molecule has 10 heteroatoms. The molecule has 0 aromatic heterocycles. The van der Waals surface area contributed by atoms with Gasteiger partial charge >= 0.3 is 0 Å². The zero-order chi connectivity index (χ0) is 16.4. The van der Waals surface area contributed by atoms with Crippen molar-refractivity contribution in [1.82, 2.24) is 4.90 Å². The van der Waals surface area contributed by atoms with E-state index < -0.39 is 34.3 Å². The Morgan fingerprint density at radius 1 is 1.14 bits per heavy atom. The van der Waals surface area contributed by atoms with Gasteiger partial charge in [-0.05, 0) is 13.3 Å². The second-order valence-electron chi connectivity index (χ2n) is 4.97. The molecule has 1 rings (SSSR count). The Balaban J connectivity index is 3.23. The van der Waals surface area contributed by atoms with Crippen LogP contribution in [0.3, 0.4) is 0 Å². The van der Waals surface area contributed by atoms with Crippen LogP contribution in [0, 0.1) is 20.2 Å². The maximum absolute atomic E-state index is 12.1. The highest BCUT2D eigenvalue weighted by Gasteiger charge is 2.23. The van der Waals surface area contributed by atoms with E-state index in [-0.39, 0.29) is 11.8 Å². The van der Waals surface area contributed by atoms with Gasteiger partial charge in [0.15, 0.2) is 0 Å². The standard InChI is InChI=1S/C11H14N3O6P/c1-12(7-21(2,3)20)11(15)8-4-9(13(16)17)6-10(5-8)14(18)19/h4-6H,7H2,1-3H3. The van der Waals surface area contributed by atoms with Crippen LogP contribution in [0.15, 0.2) is 18.2 Å². The number of nitro groups is 2. The summed E-state index contributed by atoms with van der Waals surface area (Å²) in [6.07, 6.45) is -0.0255. The third-order valence-corrected chi connectivity index (χ3v) is 3.58. The van der Waals surface area contributed by atoms with Crippen molar-refractivity contribution in [2.75, 3.05) is 26.7 Å². The van der Waals surface area contributed by atoms with E-state index in [4.69, 9.17) is 0 Å². The maximum atomic E-state index is 12.1. The molecular weight excluding hydrogens is 301 g/mol. The van der Waals surface area contributed by atoms with Crippen molar-refractivity contribution >= 4 is 24.4 Å². The topological polar surface area (TPSA) is 124 Å². The number of hydrogen-bond acceptors (Lipinski definition) is 6. The highest BCUT2D eigenvalue weighted by Crippen LogP contribution is 2.36. The number of nitrogens with zero attached hydrogens (tertiary/aromatic N) is 3. The van der Waals surface area contributed by atoms with Gasteiger partial charge in [0.25, 0.3) is 17.3 Å². The molecule has 0 aliphatic rings. The summed E-state index contributed by atoms with van der Waals surface area (Å²) in [5, 5.41) is 21.5. The lowest BCUT2D eigenvalue weighted by atomic mass is 10.1. The van der Waals surface area contributed by atoms with E-state index in [0.717, 1.165) is 23.1 Å². The first kappa shape index (κ1) is 16.8. The van der Waals surface area contributed by atoms with Crippen LogP contribution in [0.4, 0.5) is 11.4 Å². The number of nitro benzene ring substituents is 2. The third kappa shape index (κ3) is 4.64. The van der Waals surface area contributed by atoms with Crippen LogP contribution in [-0.2, 0) is 4.57 Å². The summed E-state index contributed by atoms with van der Waals surface area (Å²) < 4.78 is 11.7. The molecule has 0 saturated carbocycles. The van der Waals surface area contributed by atoms with Gasteiger partial charge in [0.2, 0.25) is 0 Å². The Bertz CT molecular complexity index is 621. The molecule has 0 aliphatic heterocycles. The fourth-order valence-corrected chi connectivity index (χ4v) is 2.88. The van der Waals surface area contributed by atoms with Gasteiger partial charge in [-0.2, -0.15) is 0 Å². The van der Waals surface area contributed by atoms with Crippen LogP contribution in [-0.4, -0.2) is 47.3 Å². The largest absolute Gasteiger partial charge is 0.335 e. The minimum Gasteiger partial charge on any atom is -0.335 e. The van der Waals surface area contributed by atoms with Gasteiger partial charge in [-0.15, -0.1) is 0 Å². The molecule has 1 amide bonds. The predicted molar refractivity (Wildman–Crippen MR) is 76.2 cm³/mol. The fraction of sp³-hybridized carbons (Fsp3) is 0.364. The maximum Gasteiger partial charge on any atom is 0.277 e. The monoisotopic (exact) mass is 315 g/mol. The number of rotatable bonds is 5. The number of carbonyl (C=O) groups is 1. The molecule has 0 spiro atoms. The Morgan fingerprint density at radius 2 is 1.57 bits per heavy atom. The van der Waals surface area contributed by atoms with Crippen molar-refractivity contribution in [2.24, 2.45) is 0 Å². The van der Waals surface area contributed by atoms with Crippen molar-refractivity contribution < 1.29 is 19.2 Å². The third-order valence-electron chi connectivity index (χ3n) is 2.47. The normalized spacial score (nSPS) is 11.0. The van der Waals surface area contributed by atoms with Gasteiger partial charge in [0, 0.05) is 19.2 Å². The van der Waals surface area contributed by atoms with E-state index in [1.165, 1.54) is 20.4 Å². The molecule has 0 fully saturated rings. The SMILES string of the molecule is CN(CP(C)(C)=O)C(=O)c1cc([N+](=O)[O-])cc([N+](=O)[O-])c1. The molecule has 0 aliphatic carbocycles. The summed E-state index contributed by atoms with van der Waals surface area (Å²) in [5.74, 6) is -0.661. The zero-order valence-corrected chi connectivity index (χ0v) is 12.6. The summed E-state index contributed by atoms with van der Waals surface area (Å²) in [6, 6.07) is 2.70. The zero-order valence-electron chi connectivity index (χ0n) is 11.7. The van der Waals surface area contributed by atoms with Crippen molar-refractivity contribution in [2.45, 2.75) is 0 Å². The number of hydrogen-bond donors (Lipinski definition) is 0. The van der Waals surface area contributed by atoms with Crippen LogP contribution in [0.1, 0.15) is 10.4 Å². The smallest absolute Gasteiger partial charge is 0.277 e. The first-order valence-electron chi connectivity index (χ1n) is 5.74. The molecule has 1 aromatic carbocycles. The summed E-state index contributed by atoms with van der Waals surface area (Å²) in [6.45, 7) is 2.99. The van der Waals surface area contributed by atoms with E-state index in [0.29, 0.717) is 0 Å². The molecule has 9 nitrogen and oxygen atoms in total. The van der Waals surface area contributed by atoms with Crippen LogP contribution < -0.4 is 0 Å². The number of benzene rings is 1. The number of amides is 1. The quantitative estimate of drug-likeness (QED) is 0.466. The van der Waals surface area contributed by atoms with Gasteiger partial charge in [-0.3, -0.25) is 25.0 Å². The Labute approximate surface area is 120 Å². The van der Waals surface area contributed by atoms with Crippen LogP contribution in [0.5, 0.6) is 0 Å². The van der Waals surface area contributed by atoms with Gasteiger partial charge in [-0.1, -0.05) is 0 Å². The summed E-state index contributed by atoms with van der Waals surface area (Å²) >= 11 is 0. The van der Waals surface area contributed by atoms with E-state index in [1.807, 2.05) is 0 Å². The number of non-ortho nitro benzene ring substituents is 2. The van der Waals surface area contributed by atoms with E-state index in [9.17, 15) is 29.6 Å². The minimum absolute atomic E-state index is 0.0255. The lowest BCUT2D eigenvalue weighted by Crippen LogP contribution is -2.27. The van der Waals surface area contributed by atoms with Crippen LogP contribution in [0.25, 0.3) is 0 Å². The molecule has 0 atom stereocenters. The van der Waals surface area contributed by atoms with Crippen molar-refractivity contribution in [3.63, 3.8) is 0 Å². The lowest BCUT2D eigenvalue weighted by Gasteiger charge is -2.19. The predicted octanol–water partition coefficient (Wildman–Crippen LogP) is 2.16. The Kier molecular flexibility index (Phi) is 4.80. The molecule has 0 saturated heterocycles. The van der Waals surface area contributed by atoms with Gasteiger partial charge in [0.05, 0.1) is 27.8 Å². The molecule has 0 N–H and O–H groups in total. The Hall–Kier alpha value is -2.28. The van der Waals surface area contributed by atoms with E-state index >= 15 is 0 Å². The summed E-state index contributed by atoms with van der Waals surface area (Å²) in [5.41, 5.74) is -1.28. The number of carbonyl (C=O) groups excluding carboxylic acids is 1. The van der Waals surface area contributed by atoms with Gasteiger partial charge in [0.1, 0.15) is 7.14 Å². The second kappa shape index (κ2) is 6.01. The van der Waals surface area contributed by atoms with Crippen molar-refractivity contribution in [3.8, 4) is 0 Å². The van der Waals surface area contributed by atoms with E-state index in [1.54, 1.807) is 0 Å². The lowest BCUT2D eigenvalue weighted by molar-refractivity contribution is -0.394. The average molecular weight is 315 g/mol. The highest BCUT2D eigenvalue weighted by molar-refractivity contribution is 7.62. The molecule has 0 radical (unpaired) electrons. The molecule has 114 valence electrons. The van der Waals surface area contributed by atoms with Gasteiger partial charge in [-0.25, -0.2) is 0 Å². The second-order valence-corrected chi connectivity index (χ2v) is 8.40. The van der Waals surface area contributed by atoms with Crippen LogP contribution >= 0.6 is 7.14 Å². The average Bonchev–Trinajstić information content (AvgIpc) is 2.35. The Morgan fingerprint density at radius 3 is 1.90 bits per heavy atom. The van der Waals surface area contributed by atoms with E-state index in [2.05, 4.69) is 0 Å². The first-order chi connectivity index (χ1) is 9.51. The first-order valence-corrected chi connectivity index (χ1v) is 8.53. The molecule has 1 aromatic rings. The molecule has 21 heavy (non-hydrogen) atoms. The molecular formula is C11H14N3O6P. The summed E-state index contributed by atoms with van der Waals surface area (Å²) in [7, 11) is -1.14. The molecule has 0 bridgehead atoms. The minimum atomic E-state index is -2.52. The van der Waals surface area contributed by atoms with Gasteiger partial charge < -0.3 is 9.46 Å². The molecule has 0 unspecified atom stereocenters. The van der Waals surface area contributed by atoms with Crippen molar-refractivity contribution in [3.05, 3.63) is 44.0 Å². The fourth-order valence-electron chi connectivity index (χ4n) is 1.72. The summed E-state index contributed by atoms with van der Waals surface area (Å²) in [4.78, 5) is 33.2. The molecule has 0 heterocycles.